The Hall–Kier alpha value is -2.86. The number of carboxylic acid groups (broad SMARTS) is 1. The summed E-state index contributed by atoms with van der Waals surface area (Å²) >= 11 is 6.32. The number of rotatable bonds is 7. The smallest absolute Gasteiger partial charge is 0.311 e. The minimum absolute atomic E-state index is 0.287. The Kier molecular flexibility index (Phi) is 6.46. The highest BCUT2D eigenvalue weighted by Gasteiger charge is 2.29. The number of unbranched alkanes of at least 4 members (excludes halogenated alkanes) is 1. The number of aromatic nitrogens is 1. The van der Waals surface area contributed by atoms with Gasteiger partial charge < -0.3 is 9.84 Å². The maximum absolute atomic E-state index is 13.3. The number of methoxy groups -OCH3 is 1. The van der Waals surface area contributed by atoms with Crippen LogP contribution in [0, 0.1) is 12.7 Å². The lowest BCUT2D eigenvalue weighted by molar-refractivity contribution is -0.139. The number of nitrogens with zero attached hydrogens (tertiary/aromatic N) is 1. The summed E-state index contributed by atoms with van der Waals surface area (Å²) in [4.78, 5) is 25.4. The average Bonchev–Trinajstić information content (AvgIpc) is 2.98. The van der Waals surface area contributed by atoms with Crippen molar-refractivity contribution in [1.29, 1.82) is 0 Å². The van der Waals surface area contributed by atoms with Crippen LogP contribution >= 0.6 is 11.6 Å². The number of halogens is 2. The van der Waals surface area contributed by atoms with Gasteiger partial charge in [0.05, 0.1) is 23.6 Å². The summed E-state index contributed by atoms with van der Waals surface area (Å²) in [6.45, 7) is 3.72. The molecular weight excluding hydrogens is 409 g/mol. The lowest BCUT2D eigenvalue weighted by Gasteiger charge is -2.14. The molecule has 0 saturated heterocycles. The van der Waals surface area contributed by atoms with Gasteiger partial charge in [-0.1, -0.05) is 31.4 Å². The summed E-state index contributed by atoms with van der Waals surface area (Å²) < 4.78 is 20.1. The van der Waals surface area contributed by atoms with E-state index in [1.807, 2.05) is 6.92 Å². The summed E-state index contributed by atoms with van der Waals surface area (Å²) in [7, 11) is 1.48. The van der Waals surface area contributed by atoms with Crippen molar-refractivity contribution in [2.75, 3.05) is 7.11 Å². The molecule has 0 aliphatic heterocycles. The molecule has 3 rings (SSSR count). The number of carbonyl (C=O) groups excluding carboxylic acids is 1. The topological polar surface area (TPSA) is 68.5 Å². The summed E-state index contributed by atoms with van der Waals surface area (Å²) in [5.41, 5.74) is 1.87. The molecular formula is C23H23ClFNO4. The van der Waals surface area contributed by atoms with Gasteiger partial charge >= 0.3 is 5.97 Å². The molecule has 5 nitrogen and oxygen atoms in total. The molecule has 0 saturated carbocycles. The van der Waals surface area contributed by atoms with E-state index in [4.69, 9.17) is 16.3 Å². The third-order valence-electron chi connectivity index (χ3n) is 5.31. The van der Waals surface area contributed by atoms with Crippen molar-refractivity contribution in [3.63, 3.8) is 0 Å². The Morgan fingerprint density at radius 2 is 1.90 bits per heavy atom. The summed E-state index contributed by atoms with van der Waals surface area (Å²) in [5.74, 6) is -2.16. The zero-order valence-corrected chi connectivity index (χ0v) is 17.8. The van der Waals surface area contributed by atoms with E-state index in [1.165, 1.54) is 35.9 Å². The van der Waals surface area contributed by atoms with E-state index in [2.05, 4.69) is 0 Å². The van der Waals surface area contributed by atoms with Crippen LogP contribution in [0.5, 0.6) is 5.75 Å². The van der Waals surface area contributed by atoms with Crippen LogP contribution in [-0.2, 0) is 4.79 Å². The number of benzene rings is 2. The van der Waals surface area contributed by atoms with Crippen LogP contribution in [0.25, 0.3) is 10.9 Å². The molecule has 3 aromatic rings. The standard InChI is InChI=1S/C23H23ClFNO4/c1-4-5-6-16(23(28)29)21-13(2)26(22(27)14-7-9-15(25)10-8-14)19-12-18(24)20(30-3)11-17(19)21/h7-12,16H,4-6H2,1-3H3,(H,28,29). The lowest BCUT2D eigenvalue weighted by atomic mass is 9.91. The van der Waals surface area contributed by atoms with Gasteiger partial charge in [0.2, 0.25) is 0 Å². The summed E-state index contributed by atoms with van der Waals surface area (Å²) in [6, 6.07) is 8.51. The normalized spacial score (nSPS) is 12.2. The molecule has 0 aliphatic carbocycles. The molecule has 0 radical (unpaired) electrons. The van der Waals surface area contributed by atoms with Crippen LogP contribution in [0.3, 0.4) is 0 Å². The molecule has 1 atom stereocenters. The Bertz CT molecular complexity index is 1100. The molecule has 0 aliphatic rings. The van der Waals surface area contributed by atoms with E-state index in [9.17, 15) is 19.1 Å². The second kappa shape index (κ2) is 8.88. The molecule has 7 heteroatoms. The largest absolute Gasteiger partial charge is 0.495 e. The molecule has 0 fully saturated rings. The van der Waals surface area contributed by atoms with Gasteiger partial charge in [-0.3, -0.25) is 14.2 Å². The quantitative estimate of drug-likeness (QED) is 0.513. The average molecular weight is 432 g/mol. The molecule has 0 amide bonds. The molecule has 2 aromatic carbocycles. The summed E-state index contributed by atoms with van der Waals surface area (Å²) in [5, 5.41) is 10.8. The second-order valence-electron chi connectivity index (χ2n) is 7.18. The third-order valence-corrected chi connectivity index (χ3v) is 5.61. The van der Waals surface area contributed by atoms with Gasteiger partial charge in [0.15, 0.2) is 0 Å². The highest BCUT2D eigenvalue weighted by molar-refractivity contribution is 6.33. The van der Waals surface area contributed by atoms with Gasteiger partial charge in [-0.05, 0) is 55.3 Å². The van der Waals surface area contributed by atoms with Gasteiger partial charge in [-0.25, -0.2) is 4.39 Å². The van der Waals surface area contributed by atoms with Crippen LogP contribution in [0.1, 0.15) is 53.7 Å². The van der Waals surface area contributed by atoms with Gasteiger partial charge in [-0.15, -0.1) is 0 Å². The fraction of sp³-hybridized carbons (Fsp3) is 0.304. The van der Waals surface area contributed by atoms with E-state index in [0.29, 0.717) is 39.4 Å². The van der Waals surface area contributed by atoms with Crippen molar-refractivity contribution in [3.05, 3.63) is 64.1 Å². The molecule has 1 N–H and O–H groups in total. The first-order chi connectivity index (χ1) is 14.3. The van der Waals surface area contributed by atoms with Crippen LogP contribution in [0.2, 0.25) is 5.02 Å². The number of hydrogen-bond donors (Lipinski definition) is 1. The first-order valence-electron chi connectivity index (χ1n) is 9.71. The fourth-order valence-corrected chi connectivity index (χ4v) is 4.05. The highest BCUT2D eigenvalue weighted by atomic mass is 35.5. The monoisotopic (exact) mass is 431 g/mol. The third kappa shape index (κ3) is 3.92. The minimum Gasteiger partial charge on any atom is -0.495 e. The van der Waals surface area contributed by atoms with Crippen molar-refractivity contribution >= 4 is 34.4 Å². The molecule has 0 bridgehead atoms. The van der Waals surface area contributed by atoms with Crippen molar-refractivity contribution in [2.45, 2.75) is 39.0 Å². The zero-order valence-electron chi connectivity index (χ0n) is 17.0. The minimum atomic E-state index is -0.950. The van der Waals surface area contributed by atoms with E-state index < -0.39 is 17.7 Å². The Morgan fingerprint density at radius 3 is 2.47 bits per heavy atom. The van der Waals surface area contributed by atoms with Crippen molar-refractivity contribution < 1.29 is 23.8 Å². The van der Waals surface area contributed by atoms with Gasteiger partial charge in [0.25, 0.3) is 5.91 Å². The maximum atomic E-state index is 13.3. The van der Waals surface area contributed by atoms with Gasteiger partial charge in [0.1, 0.15) is 11.6 Å². The van der Waals surface area contributed by atoms with Crippen molar-refractivity contribution in [2.24, 2.45) is 0 Å². The number of ether oxygens (including phenoxy) is 1. The lowest BCUT2D eigenvalue weighted by Crippen LogP contribution is -2.16. The zero-order chi connectivity index (χ0) is 22.0. The maximum Gasteiger partial charge on any atom is 0.311 e. The molecule has 1 heterocycles. The van der Waals surface area contributed by atoms with E-state index in [-0.39, 0.29) is 11.5 Å². The Balaban J connectivity index is 2.30. The molecule has 0 spiro atoms. The number of aliphatic carboxylic acids is 1. The molecule has 1 aromatic heterocycles. The first kappa shape index (κ1) is 21.8. The Labute approximate surface area is 179 Å². The molecule has 1 unspecified atom stereocenters. The SMILES string of the molecule is CCCCC(C(=O)O)c1c(C)n(C(=O)c2ccc(F)cc2)c2cc(Cl)c(OC)cc12. The van der Waals surface area contributed by atoms with Crippen molar-refractivity contribution in [3.8, 4) is 5.75 Å². The van der Waals surface area contributed by atoms with E-state index in [1.54, 1.807) is 19.1 Å². The predicted molar refractivity (Wildman–Crippen MR) is 114 cm³/mol. The number of carboxylic acids is 1. The Morgan fingerprint density at radius 1 is 1.23 bits per heavy atom. The predicted octanol–water partition coefficient (Wildman–Crippen LogP) is 5.80. The molecule has 30 heavy (non-hydrogen) atoms. The van der Waals surface area contributed by atoms with Crippen LogP contribution in [0.15, 0.2) is 36.4 Å². The number of carbonyl (C=O) groups is 2. The first-order valence-corrected chi connectivity index (χ1v) is 10.1. The van der Waals surface area contributed by atoms with E-state index >= 15 is 0 Å². The van der Waals surface area contributed by atoms with Crippen LogP contribution in [0.4, 0.5) is 4.39 Å². The van der Waals surface area contributed by atoms with Gasteiger partial charge in [0, 0.05) is 16.6 Å². The van der Waals surface area contributed by atoms with Crippen LogP contribution in [-0.4, -0.2) is 28.7 Å². The summed E-state index contributed by atoms with van der Waals surface area (Å²) in [6.07, 6.45) is 2.03. The highest BCUT2D eigenvalue weighted by Crippen LogP contribution is 2.39. The van der Waals surface area contributed by atoms with E-state index in [0.717, 1.165) is 12.8 Å². The molecule has 158 valence electrons. The fourth-order valence-electron chi connectivity index (χ4n) is 3.82. The van der Waals surface area contributed by atoms with Gasteiger partial charge in [-0.2, -0.15) is 0 Å². The number of fused-ring (bicyclic) bond motifs is 1. The second-order valence-corrected chi connectivity index (χ2v) is 7.59. The van der Waals surface area contributed by atoms with Crippen LogP contribution < -0.4 is 4.74 Å². The van der Waals surface area contributed by atoms with Crippen molar-refractivity contribution in [1.82, 2.24) is 4.57 Å². The number of hydrogen-bond acceptors (Lipinski definition) is 3.